The Kier molecular flexibility index (Phi) is 5.88. The zero-order valence-corrected chi connectivity index (χ0v) is 13.4. The monoisotopic (exact) mass is 280 g/mol. The van der Waals surface area contributed by atoms with Gasteiger partial charge in [-0.25, -0.2) is 0 Å². The summed E-state index contributed by atoms with van der Waals surface area (Å²) in [6.45, 7) is 7.60. The summed E-state index contributed by atoms with van der Waals surface area (Å²) in [6.07, 6.45) is 10.9. The topological polar surface area (TPSA) is 32.3 Å². The Labute approximate surface area is 124 Å². The number of likely N-dealkylation sites (tertiary alicyclic amines) is 1. The van der Waals surface area contributed by atoms with Gasteiger partial charge in [0.2, 0.25) is 5.91 Å². The molecule has 20 heavy (non-hydrogen) atoms. The van der Waals surface area contributed by atoms with Crippen LogP contribution in [0.2, 0.25) is 0 Å². The highest BCUT2D eigenvalue weighted by molar-refractivity contribution is 5.76. The molecule has 2 rings (SSSR count). The standard InChI is InChI=1S/C17H32N2O/c1-17(2)10-6-7-15(8-11-17)18-12-9-16(20)19-13-4-3-5-14-19/h15,18H,3-14H2,1-2H3. The van der Waals surface area contributed by atoms with Crippen molar-refractivity contribution in [3.63, 3.8) is 0 Å². The molecule has 1 N–H and O–H groups in total. The molecule has 1 aliphatic carbocycles. The Balaban J connectivity index is 1.63. The largest absolute Gasteiger partial charge is 0.343 e. The molecule has 0 aromatic carbocycles. The Morgan fingerprint density at radius 1 is 1.10 bits per heavy atom. The molecule has 2 aliphatic rings. The highest BCUT2D eigenvalue weighted by Crippen LogP contribution is 2.33. The van der Waals surface area contributed by atoms with Crippen molar-refractivity contribution in [1.82, 2.24) is 10.2 Å². The minimum Gasteiger partial charge on any atom is -0.343 e. The summed E-state index contributed by atoms with van der Waals surface area (Å²) in [5, 5.41) is 3.62. The zero-order valence-electron chi connectivity index (χ0n) is 13.4. The van der Waals surface area contributed by atoms with Crippen LogP contribution in [-0.4, -0.2) is 36.5 Å². The van der Waals surface area contributed by atoms with Crippen LogP contribution in [0.4, 0.5) is 0 Å². The van der Waals surface area contributed by atoms with Crippen LogP contribution in [-0.2, 0) is 4.79 Å². The van der Waals surface area contributed by atoms with Gasteiger partial charge in [0.25, 0.3) is 0 Å². The molecule has 0 spiro atoms. The Bertz CT molecular complexity index is 308. The first-order valence-corrected chi connectivity index (χ1v) is 8.58. The van der Waals surface area contributed by atoms with Crippen molar-refractivity contribution >= 4 is 5.91 Å². The highest BCUT2D eigenvalue weighted by Gasteiger charge is 2.24. The lowest BCUT2D eigenvalue weighted by Gasteiger charge is -2.27. The number of carbonyl (C=O) groups excluding carboxylic acids is 1. The fourth-order valence-corrected chi connectivity index (χ4v) is 3.55. The van der Waals surface area contributed by atoms with Crippen LogP contribution in [0.5, 0.6) is 0 Å². The van der Waals surface area contributed by atoms with Crippen LogP contribution in [0.3, 0.4) is 0 Å². The first-order valence-electron chi connectivity index (χ1n) is 8.58. The first kappa shape index (κ1) is 15.8. The number of carbonyl (C=O) groups is 1. The number of rotatable bonds is 4. The minimum absolute atomic E-state index is 0.353. The molecular formula is C17H32N2O. The van der Waals surface area contributed by atoms with Gasteiger partial charge in [0.1, 0.15) is 0 Å². The van der Waals surface area contributed by atoms with Gasteiger partial charge in [-0.3, -0.25) is 4.79 Å². The normalized spacial score (nSPS) is 27.1. The van der Waals surface area contributed by atoms with Crippen LogP contribution < -0.4 is 5.32 Å². The van der Waals surface area contributed by atoms with E-state index in [1.54, 1.807) is 0 Å². The van der Waals surface area contributed by atoms with E-state index >= 15 is 0 Å². The van der Waals surface area contributed by atoms with Gasteiger partial charge in [-0.05, 0) is 50.4 Å². The van der Waals surface area contributed by atoms with Gasteiger partial charge in [-0.15, -0.1) is 0 Å². The molecule has 1 heterocycles. The zero-order chi connectivity index (χ0) is 14.4. The van der Waals surface area contributed by atoms with E-state index in [9.17, 15) is 4.79 Å². The van der Waals surface area contributed by atoms with Gasteiger partial charge in [0.05, 0.1) is 0 Å². The van der Waals surface area contributed by atoms with Crippen LogP contribution in [0, 0.1) is 5.41 Å². The van der Waals surface area contributed by atoms with E-state index in [1.807, 2.05) is 0 Å². The fraction of sp³-hybridized carbons (Fsp3) is 0.941. The Morgan fingerprint density at radius 3 is 2.60 bits per heavy atom. The molecule has 1 aliphatic heterocycles. The lowest BCUT2D eigenvalue weighted by molar-refractivity contribution is -0.132. The quantitative estimate of drug-likeness (QED) is 0.801. The summed E-state index contributed by atoms with van der Waals surface area (Å²) in [5.41, 5.74) is 0.514. The Hall–Kier alpha value is -0.570. The molecule has 1 atom stereocenters. The summed E-state index contributed by atoms with van der Waals surface area (Å²) < 4.78 is 0. The first-order chi connectivity index (χ1) is 9.57. The number of nitrogens with zero attached hydrogens (tertiary/aromatic N) is 1. The number of hydrogen-bond acceptors (Lipinski definition) is 2. The summed E-state index contributed by atoms with van der Waals surface area (Å²) >= 11 is 0. The fourth-order valence-electron chi connectivity index (χ4n) is 3.55. The van der Waals surface area contributed by atoms with Crippen molar-refractivity contribution in [3.05, 3.63) is 0 Å². The molecule has 1 amide bonds. The molecule has 0 aromatic rings. The molecule has 116 valence electrons. The van der Waals surface area contributed by atoms with E-state index in [2.05, 4.69) is 24.1 Å². The number of piperidine rings is 1. The van der Waals surface area contributed by atoms with E-state index in [0.717, 1.165) is 19.6 Å². The molecule has 2 fully saturated rings. The van der Waals surface area contributed by atoms with Crippen molar-refractivity contribution in [2.45, 2.75) is 77.7 Å². The number of hydrogen-bond donors (Lipinski definition) is 1. The number of nitrogens with one attached hydrogen (secondary N) is 1. The van der Waals surface area contributed by atoms with Gasteiger partial charge in [0.15, 0.2) is 0 Å². The maximum atomic E-state index is 12.1. The average Bonchev–Trinajstić information content (AvgIpc) is 2.61. The van der Waals surface area contributed by atoms with E-state index in [0.29, 0.717) is 23.8 Å². The van der Waals surface area contributed by atoms with E-state index in [4.69, 9.17) is 0 Å². The predicted octanol–water partition coefficient (Wildman–Crippen LogP) is 3.34. The molecule has 3 nitrogen and oxygen atoms in total. The van der Waals surface area contributed by atoms with Crippen molar-refractivity contribution in [3.8, 4) is 0 Å². The van der Waals surface area contributed by atoms with Gasteiger partial charge in [0, 0.05) is 32.1 Å². The van der Waals surface area contributed by atoms with Gasteiger partial charge < -0.3 is 10.2 Å². The summed E-state index contributed by atoms with van der Waals surface area (Å²) in [6, 6.07) is 0.630. The van der Waals surface area contributed by atoms with Gasteiger partial charge in [-0.2, -0.15) is 0 Å². The lowest BCUT2D eigenvalue weighted by atomic mass is 9.85. The molecule has 0 radical (unpaired) electrons. The molecule has 0 bridgehead atoms. The Morgan fingerprint density at radius 2 is 1.85 bits per heavy atom. The third-order valence-electron chi connectivity index (χ3n) is 5.06. The van der Waals surface area contributed by atoms with Crippen molar-refractivity contribution in [1.29, 1.82) is 0 Å². The van der Waals surface area contributed by atoms with E-state index < -0.39 is 0 Å². The SMILES string of the molecule is CC1(C)CCCC(NCCC(=O)N2CCCCC2)CC1. The van der Waals surface area contributed by atoms with Crippen molar-refractivity contribution in [2.24, 2.45) is 5.41 Å². The maximum Gasteiger partial charge on any atom is 0.223 e. The predicted molar refractivity (Wildman–Crippen MR) is 83.7 cm³/mol. The van der Waals surface area contributed by atoms with Crippen molar-refractivity contribution < 1.29 is 4.79 Å². The molecular weight excluding hydrogens is 248 g/mol. The van der Waals surface area contributed by atoms with Crippen LogP contribution >= 0.6 is 0 Å². The molecule has 0 aromatic heterocycles. The summed E-state index contributed by atoms with van der Waals surface area (Å²) in [4.78, 5) is 14.2. The van der Waals surface area contributed by atoms with Crippen LogP contribution in [0.25, 0.3) is 0 Å². The number of amides is 1. The average molecular weight is 280 g/mol. The van der Waals surface area contributed by atoms with Gasteiger partial charge >= 0.3 is 0 Å². The molecule has 3 heteroatoms. The smallest absolute Gasteiger partial charge is 0.223 e. The van der Waals surface area contributed by atoms with Crippen LogP contribution in [0.15, 0.2) is 0 Å². The second kappa shape index (κ2) is 7.44. The highest BCUT2D eigenvalue weighted by atomic mass is 16.2. The van der Waals surface area contributed by atoms with E-state index in [1.165, 1.54) is 51.4 Å². The summed E-state index contributed by atoms with van der Waals surface area (Å²) in [7, 11) is 0. The third kappa shape index (κ3) is 5.08. The van der Waals surface area contributed by atoms with E-state index in [-0.39, 0.29) is 0 Å². The maximum absolute atomic E-state index is 12.1. The minimum atomic E-state index is 0.353. The van der Waals surface area contributed by atoms with Crippen LogP contribution in [0.1, 0.15) is 71.6 Å². The third-order valence-corrected chi connectivity index (χ3v) is 5.06. The second-order valence-electron chi connectivity index (χ2n) is 7.44. The summed E-state index contributed by atoms with van der Waals surface area (Å²) in [5.74, 6) is 0.353. The molecule has 1 saturated carbocycles. The van der Waals surface area contributed by atoms with Gasteiger partial charge in [-0.1, -0.05) is 20.3 Å². The lowest BCUT2D eigenvalue weighted by Crippen LogP contribution is -2.38. The van der Waals surface area contributed by atoms with Crippen molar-refractivity contribution in [2.75, 3.05) is 19.6 Å². The molecule has 1 saturated heterocycles. The second-order valence-corrected chi connectivity index (χ2v) is 7.44. The molecule has 1 unspecified atom stereocenters.